The zero-order valence-electron chi connectivity index (χ0n) is 12.2. The van der Waals surface area contributed by atoms with Crippen LogP contribution in [-0.4, -0.2) is 22.4 Å². The molecule has 2 aromatic rings. The van der Waals surface area contributed by atoms with Crippen molar-refractivity contribution in [1.82, 2.24) is 15.3 Å². The van der Waals surface area contributed by atoms with Gasteiger partial charge in [-0.2, -0.15) is 0 Å². The van der Waals surface area contributed by atoms with Crippen molar-refractivity contribution in [1.29, 1.82) is 0 Å². The second-order valence-corrected chi connectivity index (χ2v) is 4.76. The number of unbranched alkanes of at least 4 members (excludes halogenated alkanes) is 1. The first-order valence-corrected chi connectivity index (χ1v) is 7.16. The van der Waals surface area contributed by atoms with Gasteiger partial charge < -0.3 is 10.6 Å². The smallest absolute Gasteiger partial charge is 0.253 e. The third-order valence-electron chi connectivity index (χ3n) is 3.04. The summed E-state index contributed by atoms with van der Waals surface area (Å²) in [6.45, 7) is 3.50. The molecule has 0 aromatic carbocycles. The van der Waals surface area contributed by atoms with Gasteiger partial charge in [0.25, 0.3) is 5.91 Å². The number of aromatic nitrogens is 2. The number of hydrogen-bond donors (Lipinski definition) is 2. The molecule has 110 valence electrons. The highest BCUT2D eigenvalue weighted by Gasteiger charge is 2.05. The Morgan fingerprint density at radius 3 is 2.81 bits per heavy atom. The molecular weight excluding hydrogens is 264 g/mol. The van der Waals surface area contributed by atoms with Gasteiger partial charge in [-0.25, -0.2) is 4.98 Å². The first-order valence-electron chi connectivity index (χ1n) is 7.16. The minimum atomic E-state index is -0.133. The van der Waals surface area contributed by atoms with Crippen LogP contribution in [0.2, 0.25) is 0 Å². The number of carbonyl (C=O) groups excluding carboxylic acids is 1. The van der Waals surface area contributed by atoms with Crippen molar-refractivity contribution >= 4 is 11.7 Å². The molecule has 2 aromatic heterocycles. The fraction of sp³-hybridized carbons (Fsp3) is 0.312. The molecule has 0 fully saturated rings. The van der Waals surface area contributed by atoms with Crippen LogP contribution in [0.1, 0.15) is 35.7 Å². The van der Waals surface area contributed by atoms with E-state index in [1.54, 1.807) is 24.7 Å². The second-order valence-electron chi connectivity index (χ2n) is 4.76. The average Bonchev–Trinajstić information content (AvgIpc) is 2.54. The Labute approximate surface area is 124 Å². The molecule has 2 N–H and O–H groups in total. The Bertz CT molecular complexity index is 554. The van der Waals surface area contributed by atoms with Crippen LogP contribution < -0.4 is 10.6 Å². The summed E-state index contributed by atoms with van der Waals surface area (Å²) in [5.41, 5.74) is 1.52. The molecule has 0 aliphatic rings. The van der Waals surface area contributed by atoms with Crippen LogP contribution in [0.5, 0.6) is 0 Å². The summed E-state index contributed by atoms with van der Waals surface area (Å²) in [6, 6.07) is 7.38. The zero-order valence-corrected chi connectivity index (χ0v) is 12.2. The first-order chi connectivity index (χ1) is 10.3. The number of hydrogen-bond acceptors (Lipinski definition) is 4. The van der Waals surface area contributed by atoms with Gasteiger partial charge in [0.15, 0.2) is 0 Å². The minimum Gasteiger partial charge on any atom is -0.370 e. The predicted octanol–water partition coefficient (Wildman–Crippen LogP) is 2.62. The Kier molecular flexibility index (Phi) is 5.70. The first kappa shape index (κ1) is 15.0. The maximum absolute atomic E-state index is 12.0. The number of pyridine rings is 2. The topological polar surface area (TPSA) is 66.9 Å². The third kappa shape index (κ3) is 4.87. The molecular formula is C16H20N4O. The highest BCUT2D eigenvalue weighted by atomic mass is 16.1. The maximum atomic E-state index is 12.0. The predicted molar refractivity (Wildman–Crippen MR) is 83.0 cm³/mol. The van der Waals surface area contributed by atoms with E-state index in [9.17, 15) is 4.79 Å². The van der Waals surface area contributed by atoms with Gasteiger partial charge >= 0.3 is 0 Å². The lowest BCUT2D eigenvalue weighted by Crippen LogP contribution is -2.23. The van der Waals surface area contributed by atoms with Crippen LogP contribution in [0.3, 0.4) is 0 Å². The van der Waals surface area contributed by atoms with E-state index in [1.165, 1.54) is 0 Å². The normalized spacial score (nSPS) is 10.1. The van der Waals surface area contributed by atoms with Crippen molar-refractivity contribution in [2.75, 3.05) is 11.9 Å². The summed E-state index contributed by atoms with van der Waals surface area (Å²) in [7, 11) is 0. The molecule has 5 nitrogen and oxygen atoms in total. The van der Waals surface area contributed by atoms with Crippen molar-refractivity contribution in [2.24, 2.45) is 0 Å². The molecule has 0 spiro atoms. The second kappa shape index (κ2) is 7.99. The molecule has 2 heterocycles. The van der Waals surface area contributed by atoms with Gasteiger partial charge in [-0.3, -0.25) is 9.78 Å². The van der Waals surface area contributed by atoms with E-state index in [2.05, 4.69) is 27.5 Å². The van der Waals surface area contributed by atoms with Gasteiger partial charge in [0.1, 0.15) is 5.82 Å². The summed E-state index contributed by atoms with van der Waals surface area (Å²) < 4.78 is 0. The van der Waals surface area contributed by atoms with Gasteiger partial charge in [-0.15, -0.1) is 0 Å². The van der Waals surface area contributed by atoms with Gasteiger partial charge in [-0.05, 0) is 30.2 Å². The van der Waals surface area contributed by atoms with E-state index in [0.29, 0.717) is 12.1 Å². The van der Waals surface area contributed by atoms with Crippen LogP contribution in [-0.2, 0) is 6.54 Å². The average molecular weight is 284 g/mol. The van der Waals surface area contributed by atoms with Gasteiger partial charge in [0, 0.05) is 31.7 Å². The number of anilines is 1. The monoisotopic (exact) mass is 284 g/mol. The molecule has 2 rings (SSSR count). The molecule has 5 heteroatoms. The number of amides is 1. The molecule has 0 atom stereocenters. The van der Waals surface area contributed by atoms with Crippen LogP contribution in [0.4, 0.5) is 5.82 Å². The Morgan fingerprint density at radius 1 is 1.24 bits per heavy atom. The largest absolute Gasteiger partial charge is 0.370 e. The van der Waals surface area contributed by atoms with Gasteiger partial charge in [-0.1, -0.05) is 19.4 Å². The van der Waals surface area contributed by atoms with Crippen molar-refractivity contribution in [3.63, 3.8) is 0 Å². The van der Waals surface area contributed by atoms with Crippen LogP contribution in [0, 0.1) is 0 Å². The highest BCUT2D eigenvalue weighted by molar-refractivity contribution is 5.93. The van der Waals surface area contributed by atoms with E-state index in [4.69, 9.17) is 0 Å². The Morgan fingerprint density at radius 2 is 2.14 bits per heavy atom. The lowest BCUT2D eigenvalue weighted by Gasteiger charge is -2.07. The zero-order chi connectivity index (χ0) is 14.9. The van der Waals surface area contributed by atoms with Crippen LogP contribution >= 0.6 is 0 Å². The number of nitrogens with zero attached hydrogens (tertiary/aromatic N) is 2. The molecule has 0 saturated carbocycles. The summed E-state index contributed by atoms with van der Waals surface area (Å²) in [6.07, 6.45) is 7.28. The van der Waals surface area contributed by atoms with E-state index < -0.39 is 0 Å². The minimum absolute atomic E-state index is 0.133. The SMILES string of the molecule is CCCCNc1ccc(C(=O)NCc2cccnc2)cn1. The van der Waals surface area contributed by atoms with E-state index in [1.807, 2.05) is 18.2 Å². The van der Waals surface area contributed by atoms with Crippen molar-refractivity contribution in [3.8, 4) is 0 Å². The summed E-state index contributed by atoms with van der Waals surface area (Å²) in [4.78, 5) is 20.3. The lowest BCUT2D eigenvalue weighted by atomic mass is 10.2. The molecule has 0 bridgehead atoms. The molecule has 1 amide bonds. The number of carbonyl (C=O) groups is 1. The third-order valence-corrected chi connectivity index (χ3v) is 3.04. The molecule has 0 radical (unpaired) electrons. The molecule has 0 unspecified atom stereocenters. The fourth-order valence-corrected chi connectivity index (χ4v) is 1.81. The molecule has 0 aliphatic carbocycles. The quantitative estimate of drug-likeness (QED) is 0.767. The molecule has 0 aliphatic heterocycles. The highest BCUT2D eigenvalue weighted by Crippen LogP contribution is 2.06. The molecule has 0 saturated heterocycles. The van der Waals surface area contributed by atoms with Gasteiger partial charge in [0.2, 0.25) is 0 Å². The van der Waals surface area contributed by atoms with Crippen molar-refractivity contribution in [3.05, 3.63) is 54.0 Å². The van der Waals surface area contributed by atoms with Crippen LogP contribution in [0.15, 0.2) is 42.9 Å². The lowest BCUT2D eigenvalue weighted by molar-refractivity contribution is 0.0950. The Hall–Kier alpha value is -2.43. The fourth-order valence-electron chi connectivity index (χ4n) is 1.81. The van der Waals surface area contributed by atoms with Crippen LogP contribution in [0.25, 0.3) is 0 Å². The maximum Gasteiger partial charge on any atom is 0.253 e. The summed E-state index contributed by atoms with van der Waals surface area (Å²) in [5, 5.41) is 6.07. The Balaban J connectivity index is 1.85. The summed E-state index contributed by atoms with van der Waals surface area (Å²) >= 11 is 0. The van der Waals surface area contributed by atoms with E-state index in [0.717, 1.165) is 30.8 Å². The standard InChI is InChI=1S/C16H20N4O/c1-2-3-9-18-15-7-6-14(12-19-15)16(21)20-11-13-5-4-8-17-10-13/h4-8,10,12H,2-3,9,11H2,1H3,(H,18,19)(H,20,21). The number of rotatable bonds is 7. The molecule has 21 heavy (non-hydrogen) atoms. The van der Waals surface area contributed by atoms with Gasteiger partial charge in [0.05, 0.1) is 5.56 Å². The van der Waals surface area contributed by atoms with E-state index >= 15 is 0 Å². The number of nitrogens with one attached hydrogen (secondary N) is 2. The van der Waals surface area contributed by atoms with Crippen molar-refractivity contribution in [2.45, 2.75) is 26.3 Å². The van der Waals surface area contributed by atoms with Crippen molar-refractivity contribution < 1.29 is 4.79 Å². The summed E-state index contributed by atoms with van der Waals surface area (Å²) in [5.74, 6) is 0.665. The van der Waals surface area contributed by atoms with E-state index in [-0.39, 0.29) is 5.91 Å².